The zero-order valence-corrected chi connectivity index (χ0v) is 13.7. The molecule has 0 heterocycles. The molecule has 0 aliphatic heterocycles. The van der Waals surface area contributed by atoms with Gasteiger partial charge in [0.05, 0.1) is 13.2 Å². The minimum atomic E-state index is 0.382. The number of ether oxygens (including phenoxy) is 1. The van der Waals surface area contributed by atoms with Crippen molar-refractivity contribution in [3.63, 3.8) is 0 Å². The van der Waals surface area contributed by atoms with Crippen LogP contribution >= 0.6 is 0 Å². The summed E-state index contributed by atoms with van der Waals surface area (Å²) in [5.74, 6) is 1.28. The van der Waals surface area contributed by atoms with Crippen LogP contribution in [0.25, 0.3) is 0 Å². The molecule has 118 valence electrons. The summed E-state index contributed by atoms with van der Waals surface area (Å²) in [6.45, 7) is 11.5. The summed E-state index contributed by atoms with van der Waals surface area (Å²) in [6, 6.07) is 10.6. The maximum absolute atomic E-state index is 5.74. The smallest absolute Gasteiger partial charge is 0.191 e. The first kappa shape index (κ1) is 17.5. The Hall–Kier alpha value is -1.55. The average molecular weight is 291 g/mol. The van der Waals surface area contributed by atoms with E-state index in [-0.39, 0.29) is 0 Å². The molecule has 0 aromatic heterocycles. The Labute approximate surface area is 129 Å². The highest BCUT2D eigenvalue weighted by Gasteiger charge is 2.04. The largest absolute Gasteiger partial charge is 0.376 e. The highest BCUT2D eigenvalue weighted by molar-refractivity contribution is 5.79. The van der Waals surface area contributed by atoms with Crippen molar-refractivity contribution in [2.24, 2.45) is 10.9 Å². The number of nitrogens with zero attached hydrogens (tertiary/aromatic N) is 1. The highest BCUT2D eigenvalue weighted by Crippen LogP contribution is 2.03. The summed E-state index contributed by atoms with van der Waals surface area (Å²) in [4.78, 5) is 4.59. The average Bonchev–Trinajstić information content (AvgIpc) is 2.45. The second-order valence-corrected chi connectivity index (χ2v) is 5.62. The molecule has 0 aliphatic rings. The maximum atomic E-state index is 5.74. The normalized spacial score (nSPS) is 13.3. The molecular weight excluding hydrogens is 262 g/mol. The van der Waals surface area contributed by atoms with Crippen LogP contribution in [0, 0.1) is 5.92 Å². The van der Waals surface area contributed by atoms with E-state index in [4.69, 9.17) is 4.74 Å². The summed E-state index contributed by atoms with van der Waals surface area (Å²) >= 11 is 0. The third-order valence-electron chi connectivity index (χ3n) is 2.84. The van der Waals surface area contributed by atoms with Gasteiger partial charge in [-0.15, -0.1) is 0 Å². The van der Waals surface area contributed by atoms with Crippen molar-refractivity contribution >= 4 is 5.96 Å². The van der Waals surface area contributed by atoms with E-state index in [9.17, 15) is 0 Å². The van der Waals surface area contributed by atoms with Gasteiger partial charge >= 0.3 is 0 Å². The fourth-order valence-electron chi connectivity index (χ4n) is 1.85. The SMILES string of the molecule is CCNC(=NCC(C)COCc1ccccc1)NC(C)C. The summed E-state index contributed by atoms with van der Waals surface area (Å²) in [5.41, 5.74) is 1.21. The second kappa shape index (κ2) is 10.2. The fraction of sp³-hybridized carbons (Fsp3) is 0.588. The topological polar surface area (TPSA) is 45.7 Å². The van der Waals surface area contributed by atoms with Gasteiger partial charge in [-0.2, -0.15) is 0 Å². The Morgan fingerprint density at radius 3 is 2.52 bits per heavy atom. The summed E-state index contributed by atoms with van der Waals surface area (Å²) in [7, 11) is 0. The summed E-state index contributed by atoms with van der Waals surface area (Å²) in [5, 5.41) is 6.57. The monoisotopic (exact) mass is 291 g/mol. The maximum Gasteiger partial charge on any atom is 0.191 e. The van der Waals surface area contributed by atoms with Crippen molar-refractivity contribution in [2.45, 2.75) is 40.3 Å². The van der Waals surface area contributed by atoms with E-state index in [0.717, 1.165) is 25.7 Å². The van der Waals surface area contributed by atoms with Crippen LogP contribution in [-0.2, 0) is 11.3 Å². The van der Waals surface area contributed by atoms with Crippen LogP contribution in [0.4, 0.5) is 0 Å². The van der Waals surface area contributed by atoms with E-state index in [1.54, 1.807) is 0 Å². The van der Waals surface area contributed by atoms with Gasteiger partial charge in [-0.1, -0.05) is 37.3 Å². The molecule has 0 spiro atoms. The fourth-order valence-corrected chi connectivity index (χ4v) is 1.85. The molecule has 4 heteroatoms. The van der Waals surface area contributed by atoms with Gasteiger partial charge < -0.3 is 15.4 Å². The Morgan fingerprint density at radius 1 is 1.19 bits per heavy atom. The molecular formula is C17H29N3O. The lowest BCUT2D eigenvalue weighted by molar-refractivity contribution is 0.0945. The van der Waals surface area contributed by atoms with Crippen molar-refractivity contribution in [3.05, 3.63) is 35.9 Å². The van der Waals surface area contributed by atoms with Gasteiger partial charge in [-0.25, -0.2) is 0 Å². The van der Waals surface area contributed by atoms with E-state index in [1.807, 2.05) is 18.2 Å². The standard InChI is InChI=1S/C17H29N3O/c1-5-18-17(20-14(2)3)19-11-15(4)12-21-13-16-9-7-6-8-10-16/h6-10,14-15H,5,11-13H2,1-4H3,(H2,18,19,20). The minimum absolute atomic E-state index is 0.382. The molecule has 1 aromatic carbocycles. The van der Waals surface area contributed by atoms with Crippen molar-refractivity contribution in [3.8, 4) is 0 Å². The first-order valence-corrected chi connectivity index (χ1v) is 7.78. The van der Waals surface area contributed by atoms with Crippen molar-refractivity contribution < 1.29 is 4.74 Å². The van der Waals surface area contributed by atoms with Crippen LogP contribution in [0.2, 0.25) is 0 Å². The summed E-state index contributed by atoms with van der Waals surface area (Å²) in [6.07, 6.45) is 0. The van der Waals surface area contributed by atoms with Gasteiger partial charge in [-0.05, 0) is 32.3 Å². The molecule has 0 amide bonds. The van der Waals surface area contributed by atoms with Gasteiger partial charge in [0.25, 0.3) is 0 Å². The van der Waals surface area contributed by atoms with Crippen LogP contribution in [0.15, 0.2) is 35.3 Å². The molecule has 4 nitrogen and oxygen atoms in total. The van der Waals surface area contributed by atoms with E-state index in [1.165, 1.54) is 5.56 Å². The molecule has 0 aliphatic carbocycles. The Bertz CT molecular complexity index is 404. The number of benzene rings is 1. The number of aliphatic imine (C=N–C) groups is 1. The molecule has 1 unspecified atom stereocenters. The number of hydrogen-bond donors (Lipinski definition) is 2. The quantitative estimate of drug-likeness (QED) is 0.572. The molecule has 1 aromatic rings. The molecule has 2 N–H and O–H groups in total. The van der Waals surface area contributed by atoms with Crippen LogP contribution in [-0.4, -0.2) is 31.7 Å². The number of guanidine groups is 1. The van der Waals surface area contributed by atoms with E-state index < -0.39 is 0 Å². The van der Waals surface area contributed by atoms with Gasteiger partial charge in [-0.3, -0.25) is 4.99 Å². The predicted molar refractivity (Wildman–Crippen MR) is 89.5 cm³/mol. The van der Waals surface area contributed by atoms with Gasteiger partial charge in [0, 0.05) is 19.1 Å². The lowest BCUT2D eigenvalue weighted by Gasteiger charge is -2.15. The molecule has 0 bridgehead atoms. The van der Waals surface area contributed by atoms with Crippen LogP contribution in [0.3, 0.4) is 0 Å². The van der Waals surface area contributed by atoms with Crippen molar-refractivity contribution in [1.29, 1.82) is 0 Å². The number of hydrogen-bond acceptors (Lipinski definition) is 2. The molecule has 1 atom stereocenters. The van der Waals surface area contributed by atoms with E-state index in [2.05, 4.69) is 55.5 Å². The Balaban J connectivity index is 2.29. The van der Waals surface area contributed by atoms with Gasteiger partial charge in [0.15, 0.2) is 5.96 Å². The molecule has 21 heavy (non-hydrogen) atoms. The van der Waals surface area contributed by atoms with Crippen molar-refractivity contribution in [1.82, 2.24) is 10.6 Å². The third-order valence-corrected chi connectivity index (χ3v) is 2.84. The molecule has 1 rings (SSSR count). The summed E-state index contributed by atoms with van der Waals surface area (Å²) < 4.78 is 5.74. The highest BCUT2D eigenvalue weighted by atomic mass is 16.5. The molecule has 0 fully saturated rings. The zero-order chi connectivity index (χ0) is 15.5. The molecule has 0 saturated carbocycles. The second-order valence-electron chi connectivity index (χ2n) is 5.62. The van der Waals surface area contributed by atoms with E-state index >= 15 is 0 Å². The van der Waals surface area contributed by atoms with E-state index in [0.29, 0.717) is 18.6 Å². The molecule has 0 saturated heterocycles. The van der Waals surface area contributed by atoms with Crippen LogP contribution < -0.4 is 10.6 Å². The van der Waals surface area contributed by atoms with Crippen LogP contribution in [0.5, 0.6) is 0 Å². The number of rotatable bonds is 8. The third kappa shape index (κ3) is 8.35. The number of nitrogens with one attached hydrogen (secondary N) is 2. The first-order valence-electron chi connectivity index (χ1n) is 7.78. The Kier molecular flexibility index (Phi) is 8.51. The van der Waals surface area contributed by atoms with Crippen molar-refractivity contribution in [2.75, 3.05) is 19.7 Å². The first-order chi connectivity index (χ1) is 10.1. The Morgan fingerprint density at radius 2 is 1.90 bits per heavy atom. The minimum Gasteiger partial charge on any atom is -0.376 e. The van der Waals surface area contributed by atoms with Gasteiger partial charge in [0.2, 0.25) is 0 Å². The van der Waals surface area contributed by atoms with Gasteiger partial charge in [0.1, 0.15) is 0 Å². The predicted octanol–water partition coefficient (Wildman–Crippen LogP) is 2.80. The molecule has 0 radical (unpaired) electrons. The zero-order valence-electron chi connectivity index (χ0n) is 13.7. The lowest BCUT2D eigenvalue weighted by Crippen LogP contribution is -2.41. The van der Waals surface area contributed by atoms with Crippen LogP contribution in [0.1, 0.15) is 33.3 Å². The lowest BCUT2D eigenvalue weighted by atomic mass is 10.2.